The van der Waals surface area contributed by atoms with E-state index in [-0.39, 0.29) is 46.1 Å². The number of H-pyrrole nitrogens is 2. The van der Waals surface area contributed by atoms with Gasteiger partial charge in [0.15, 0.2) is 11.3 Å². The molecule has 3 N–H and O–H groups in total. The number of thioether (sulfide) groups is 1. The van der Waals surface area contributed by atoms with E-state index in [4.69, 9.17) is 14.5 Å². The van der Waals surface area contributed by atoms with Crippen LogP contribution >= 0.6 is 11.8 Å². The van der Waals surface area contributed by atoms with Crippen molar-refractivity contribution in [3.05, 3.63) is 137 Å². The average Bonchev–Trinajstić information content (AvgIpc) is 3.66. The van der Waals surface area contributed by atoms with Crippen molar-refractivity contribution in [3.63, 3.8) is 0 Å². The van der Waals surface area contributed by atoms with Crippen molar-refractivity contribution in [2.45, 2.75) is 68.3 Å². The number of benzene rings is 4. The number of pyridine rings is 1. The molecule has 302 valence electrons. The third-order valence-electron chi connectivity index (χ3n) is 12.0. The molecule has 3 aliphatic rings. The van der Waals surface area contributed by atoms with Gasteiger partial charge in [-0.1, -0.05) is 74.5 Å². The lowest BCUT2D eigenvalue weighted by Crippen LogP contribution is -2.51. The van der Waals surface area contributed by atoms with E-state index in [0.717, 1.165) is 82.3 Å². The zero-order valence-corrected chi connectivity index (χ0v) is 34.3. The summed E-state index contributed by atoms with van der Waals surface area (Å²) < 4.78 is 10.9. The normalized spacial score (nSPS) is 20.4. The molecule has 0 radical (unpaired) electrons. The second-order valence-electron chi connectivity index (χ2n) is 16.1. The van der Waals surface area contributed by atoms with Crippen LogP contribution in [0.2, 0.25) is 0 Å². The van der Waals surface area contributed by atoms with Crippen molar-refractivity contribution in [3.8, 4) is 22.4 Å². The molecule has 2 amide bonds. The molecule has 4 aromatic carbocycles. The summed E-state index contributed by atoms with van der Waals surface area (Å²) >= 11 is 1.80. The Hall–Kier alpha value is -6.01. The molecule has 0 saturated carbocycles. The molecule has 2 aromatic heterocycles. The molecule has 3 fully saturated rings. The van der Waals surface area contributed by atoms with E-state index in [1.165, 1.54) is 0 Å². The highest BCUT2D eigenvalue weighted by Crippen LogP contribution is 2.70. The fourth-order valence-electron chi connectivity index (χ4n) is 8.81. The van der Waals surface area contributed by atoms with Gasteiger partial charge in [-0.2, -0.15) is 0 Å². The molecule has 59 heavy (non-hydrogen) atoms. The lowest BCUT2D eigenvalue weighted by molar-refractivity contribution is -0.135. The molecule has 11 nitrogen and oxygen atoms in total. The first-order chi connectivity index (χ1) is 28.6. The monoisotopic (exact) mass is 808 g/mol. The van der Waals surface area contributed by atoms with Gasteiger partial charge in [-0.25, -0.2) is 9.78 Å². The van der Waals surface area contributed by atoms with Gasteiger partial charge >= 0.3 is 6.09 Å². The number of nitrogens with one attached hydrogen (secondary N) is 3. The molecule has 0 bridgehead atoms. The Morgan fingerprint density at radius 1 is 0.949 bits per heavy atom. The van der Waals surface area contributed by atoms with E-state index < -0.39 is 6.04 Å². The number of hydrogen-bond acceptors (Lipinski definition) is 8. The largest absolute Gasteiger partial charge is 0.483 e. The highest BCUT2D eigenvalue weighted by molar-refractivity contribution is 8.08. The minimum Gasteiger partial charge on any atom is -0.483 e. The SMILES string of the molecule is C=C(N[C@H](C(=O)N1CCC[C@]12S[C@H]2c1ncc(-c2ccc3cc(-c4ccc5c(=O)cc(C6CCCN6C(=O)OCc6ccccc6)[nH]c5c4)ccc3c2)[nH]1)C(C)C)OC. The molecule has 4 atom stereocenters. The summed E-state index contributed by atoms with van der Waals surface area (Å²) in [5, 5.41) is 6.04. The Morgan fingerprint density at radius 2 is 1.69 bits per heavy atom. The van der Waals surface area contributed by atoms with Crippen LogP contribution in [-0.4, -0.2) is 67.9 Å². The van der Waals surface area contributed by atoms with Crippen LogP contribution in [0.25, 0.3) is 44.1 Å². The molecule has 6 aromatic rings. The third kappa shape index (κ3) is 7.35. The second kappa shape index (κ2) is 15.6. The minimum absolute atomic E-state index is 0.0686. The molecule has 12 heteroatoms. The van der Waals surface area contributed by atoms with E-state index in [2.05, 4.69) is 58.3 Å². The van der Waals surface area contributed by atoms with Crippen LogP contribution in [0, 0.1) is 5.92 Å². The van der Waals surface area contributed by atoms with Crippen LogP contribution in [0.1, 0.15) is 67.9 Å². The van der Waals surface area contributed by atoms with Gasteiger partial charge < -0.3 is 29.7 Å². The number of carbonyl (C=O) groups is 2. The number of hydrogen-bond donors (Lipinski definition) is 3. The van der Waals surface area contributed by atoms with E-state index in [1.807, 2.05) is 73.5 Å². The Labute approximate surface area is 347 Å². The quantitative estimate of drug-likeness (QED) is 0.0873. The fourth-order valence-corrected chi connectivity index (χ4v) is 10.3. The van der Waals surface area contributed by atoms with E-state index in [0.29, 0.717) is 23.5 Å². The molecule has 5 heterocycles. The Balaban J connectivity index is 0.911. The van der Waals surface area contributed by atoms with Gasteiger partial charge in [0, 0.05) is 35.8 Å². The second-order valence-corrected chi connectivity index (χ2v) is 17.5. The highest BCUT2D eigenvalue weighted by atomic mass is 32.2. The summed E-state index contributed by atoms with van der Waals surface area (Å²) in [7, 11) is 1.55. The number of ether oxygens (including phenoxy) is 2. The summed E-state index contributed by atoms with van der Waals surface area (Å²) in [6, 6.07) is 29.2. The Kier molecular flexibility index (Phi) is 10.2. The van der Waals surface area contributed by atoms with Crippen molar-refractivity contribution in [1.29, 1.82) is 0 Å². The Bertz CT molecular complexity index is 2640. The zero-order valence-electron chi connectivity index (χ0n) is 33.5. The third-order valence-corrected chi connectivity index (χ3v) is 13.7. The molecular formula is C47H48N6O5S. The maximum absolute atomic E-state index is 13.8. The van der Waals surface area contributed by atoms with Crippen LogP contribution in [0.5, 0.6) is 0 Å². The smallest absolute Gasteiger partial charge is 0.410 e. The first-order valence-corrected chi connectivity index (χ1v) is 21.2. The minimum atomic E-state index is -0.416. The number of amides is 2. The summed E-state index contributed by atoms with van der Waals surface area (Å²) in [5.41, 5.74) is 6.27. The van der Waals surface area contributed by atoms with E-state index in [9.17, 15) is 14.4 Å². The summed E-state index contributed by atoms with van der Waals surface area (Å²) in [4.78, 5) is 55.8. The zero-order chi connectivity index (χ0) is 40.8. The van der Waals surface area contributed by atoms with Crippen molar-refractivity contribution < 1.29 is 19.1 Å². The number of carbonyl (C=O) groups excluding carboxylic acids is 2. The molecule has 3 saturated heterocycles. The number of imidazole rings is 1. The van der Waals surface area contributed by atoms with Crippen molar-refractivity contribution >= 4 is 45.4 Å². The topological polar surface area (TPSA) is 133 Å². The van der Waals surface area contributed by atoms with Crippen LogP contribution in [0.3, 0.4) is 0 Å². The molecular weight excluding hydrogens is 761 g/mol. The van der Waals surface area contributed by atoms with Gasteiger partial charge in [0.05, 0.1) is 35.8 Å². The average molecular weight is 809 g/mol. The number of aromatic nitrogens is 3. The lowest BCUT2D eigenvalue weighted by Gasteiger charge is -2.31. The van der Waals surface area contributed by atoms with Gasteiger partial charge in [-0.05, 0) is 89.9 Å². The van der Waals surface area contributed by atoms with Gasteiger partial charge in [0.25, 0.3) is 0 Å². The van der Waals surface area contributed by atoms with Crippen molar-refractivity contribution in [2.24, 2.45) is 5.92 Å². The van der Waals surface area contributed by atoms with Gasteiger partial charge in [0.1, 0.15) is 23.3 Å². The van der Waals surface area contributed by atoms with Gasteiger partial charge in [-0.15, -0.1) is 11.8 Å². The predicted molar refractivity (Wildman–Crippen MR) is 232 cm³/mol. The van der Waals surface area contributed by atoms with Crippen molar-refractivity contribution in [2.75, 3.05) is 20.2 Å². The number of methoxy groups -OCH3 is 1. The molecule has 9 rings (SSSR count). The van der Waals surface area contributed by atoms with E-state index in [1.54, 1.807) is 29.8 Å². The highest BCUT2D eigenvalue weighted by Gasteiger charge is 2.65. The number of fused-ring (bicyclic) bond motifs is 2. The number of likely N-dealkylation sites (tertiary alicyclic amines) is 2. The molecule has 1 spiro atoms. The summed E-state index contributed by atoms with van der Waals surface area (Å²) in [6.45, 7) is 9.44. The maximum atomic E-state index is 13.8. The van der Waals surface area contributed by atoms with Crippen LogP contribution < -0.4 is 10.7 Å². The number of rotatable bonds is 11. The summed E-state index contributed by atoms with van der Waals surface area (Å²) in [5.74, 6) is 1.42. The maximum Gasteiger partial charge on any atom is 0.410 e. The van der Waals surface area contributed by atoms with Crippen LogP contribution in [0.4, 0.5) is 4.79 Å². The summed E-state index contributed by atoms with van der Waals surface area (Å²) in [6.07, 6.45) is 4.97. The standard InChI is InChI=1S/C47H48N6O5S/c1-28(2)42(49-29(3)57-4)45(55)53-21-9-19-47(53)43(59-47)44-48-26-39(51-44)35-16-15-31-22-32(13-14-33(31)23-35)34-17-18-36-37(24-34)50-38(25-41(36)54)40-12-8-20-52(40)46(56)58-27-30-10-6-5-7-11-30/h5-7,10-11,13-18,22-26,28,40,42-43,49H,3,8-9,12,19-21,27H2,1-2,4H3,(H,48,51)(H,50,54)/t40?,42-,43-,47+/m0/s1. The lowest BCUT2D eigenvalue weighted by atomic mass is 9.98. The van der Waals surface area contributed by atoms with E-state index >= 15 is 0 Å². The molecule has 0 aliphatic carbocycles. The number of aromatic amines is 2. The predicted octanol–water partition coefficient (Wildman–Crippen LogP) is 9.05. The fraction of sp³-hybridized carbons (Fsp3) is 0.319. The van der Waals surface area contributed by atoms with Crippen LogP contribution in [-0.2, 0) is 20.9 Å². The molecule has 3 aliphatic heterocycles. The number of nitrogens with zero attached hydrogens (tertiary/aromatic N) is 3. The van der Waals surface area contributed by atoms with Gasteiger partial charge in [-0.3, -0.25) is 14.5 Å². The van der Waals surface area contributed by atoms with Crippen LogP contribution in [0.15, 0.2) is 114 Å². The first-order valence-electron chi connectivity index (χ1n) is 20.3. The van der Waals surface area contributed by atoms with Crippen molar-refractivity contribution in [1.82, 2.24) is 30.1 Å². The van der Waals surface area contributed by atoms with Gasteiger partial charge in [0.2, 0.25) is 5.91 Å². The first kappa shape index (κ1) is 38.5. The molecule has 1 unspecified atom stereocenters. The Morgan fingerprint density at radius 3 is 2.47 bits per heavy atom.